The van der Waals surface area contributed by atoms with Gasteiger partial charge in [0.1, 0.15) is 5.56 Å². The van der Waals surface area contributed by atoms with Gasteiger partial charge in [0.05, 0.1) is 6.61 Å². The summed E-state index contributed by atoms with van der Waals surface area (Å²) in [6.45, 7) is 2.64. The van der Waals surface area contributed by atoms with Crippen LogP contribution in [0.2, 0.25) is 0 Å². The lowest BCUT2D eigenvalue weighted by molar-refractivity contribution is -0.207. The number of hydrogen-bond acceptors (Lipinski definition) is 3. The van der Waals surface area contributed by atoms with Gasteiger partial charge in [0, 0.05) is 9.26 Å². The lowest BCUT2D eigenvalue weighted by atomic mass is 10.2. The fourth-order valence-corrected chi connectivity index (χ4v) is 1.89. The summed E-state index contributed by atoms with van der Waals surface area (Å²) in [5.41, 5.74) is -2.30. The Bertz CT molecular complexity index is 536. The molecule has 8 heteroatoms. The van der Waals surface area contributed by atoms with E-state index in [1.54, 1.807) is 22.6 Å². The quantitative estimate of drug-likeness (QED) is 0.590. The number of hydrogen-bond donors (Lipinski definition) is 0. The molecule has 100 valence electrons. The van der Waals surface area contributed by atoms with E-state index in [1.807, 2.05) is 0 Å². The molecule has 0 saturated heterocycles. The van der Waals surface area contributed by atoms with E-state index in [0.717, 1.165) is 13.0 Å². The molecule has 0 aromatic carbocycles. The monoisotopic (exact) mass is 375 g/mol. The number of carbonyl (C=O) groups is 1. The number of pyridine rings is 1. The van der Waals surface area contributed by atoms with Crippen molar-refractivity contribution in [2.45, 2.75) is 20.1 Å². The molecule has 0 fully saturated rings. The Morgan fingerprint density at radius 2 is 2.06 bits per heavy atom. The van der Waals surface area contributed by atoms with Gasteiger partial charge in [0.2, 0.25) is 0 Å². The molecule has 0 atom stereocenters. The highest BCUT2D eigenvalue weighted by atomic mass is 127. The van der Waals surface area contributed by atoms with E-state index in [-0.39, 0.29) is 20.4 Å². The molecule has 1 aromatic heterocycles. The predicted molar refractivity (Wildman–Crippen MR) is 65.4 cm³/mol. The minimum absolute atomic E-state index is 0.0191. The summed E-state index contributed by atoms with van der Waals surface area (Å²) in [6.07, 6.45) is -4.87. The van der Waals surface area contributed by atoms with Gasteiger partial charge in [-0.05, 0) is 42.5 Å². The van der Waals surface area contributed by atoms with Crippen molar-refractivity contribution in [1.29, 1.82) is 0 Å². The van der Waals surface area contributed by atoms with Crippen molar-refractivity contribution in [1.82, 2.24) is 4.57 Å². The highest BCUT2D eigenvalue weighted by molar-refractivity contribution is 14.1. The Morgan fingerprint density at radius 3 is 2.50 bits per heavy atom. The lowest BCUT2D eigenvalue weighted by Gasteiger charge is -2.15. The second-order valence-electron chi connectivity index (χ2n) is 3.32. The average molecular weight is 375 g/mol. The van der Waals surface area contributed by atoms with Crippen LogP contribution in [0.15, 0.2) is 10.9 Å². The van der Waals surface area contributed by atoms with Crippen molar-refractivity contribution in [3.63, 3.8) is 0 Å². The van der Waals surface area contributed by atoms with E-state index >= 15 is 0 Å². The van der Waals surface area contributed by atoms with Gasteiger partial charge in [0.25, 0.3) is 5.56 Å². The topological polar surface area (TPSA) is 48.3 Å². The molecule has 0 bridgehead atoms. The van der Waals surface area contributed by atoms with Crippen molar-refractivity contribution in [3.05, 3.63) is 31.2 Å². The standard InChI is InChI=1S/C10H9F3INO3/c1-3-18-9(17)6-4-7(14)5(2)15(8(6)16)10(11,12)13/h4H,3H2,1-2H3. The molecule has 0 amide bonds. The molecule has 18 heavy (non-hydrogen) atoms. The molecule has 0 aliphatic rings. The smallest absolute Gasteiger partial charge is 0.462 e. The molecule has 0 radical (unpaired) electrons. The summed E-state index contributed by atoms with van der Waals surface area (Å²) >= 11 is 1.63. The van der Waals surface area contributed by atoms with Crippen molar-refractivity contribution in [2.75, 3.05) is 6.61 Å². The van der Waals surface area contributed by atoms with E-state index in [4.69, 9.17) is 0 Å². The number of ether oxygens (including phenoxy) is 1. The van der Waals surface area contributed by atoms with Crippen LogP contribution in [0.5, 0.6) is 0 Å². The zero-order chi connectivity index (χ0) is 14.1. The first kappa shape index (κ1) is 15.0. The zero-order valence-corrected chi connectivity index (χ0v) is 11.6. The van der Waals surface area contributed by atoms with Crippen LogP contribution in [-0.2, 0) is 11.0 Å². The van der Waals surface area contributed by atoms with Crippen LogP contribution in [0.1, 0.15) is 23.0 Å². The van der Waals surface area contributed by atoms with Gasteiger partial charge in [-0.3, -0.25) is 4.79 Å². The van der Waals surface area contributed by atoms with Gasteiger partial charge >= 0.3 is 12.3 Å². The molecule has 1 rings (SSSR count). The van der Waals surface area contributed by atoms with E-state index in [9.17, 15) is 22.8 Å². The van der Waals surface area contributed by atoms with E-state index in [1.165, 1.54) is 6.92 Å². The second-order valence-corrected chi connectivity index (χ2v) is 4.48. The van der Waals surface area contributed by atoms with Gasteiger partial charge in [-0.25, -0.2) is 9.36 Å². The molecular formula is C10H9F3INO3. The Labute approximate surface area is 114 Å². The minimum atomic E-state index is -4.87. The first-order valence-electron chi connectivity index (χ1n) is 4.86. The summed E-state index contributed by atoms with van der Waals surface area (Å²) in [4.78, 5) is 23.0. The summed E-state index contributed by atoms with van der Waals surface area (Å²) in [5, 5.41) is 0. The van der Waals surface area contributed by atoms with Crippen LogP contribution in [0.3, 0.4) is 0 Å². The van der Waals surface area contributed by atoms with E-state index < -0.39 is 23.4 Å². The molecule has 4 nitrogen and oxygen atoms in total. The summed E-state index contributed by atoms with van der Waals surface area (Å²) in [6, 6.07) is 1.10. The van der Waals surface area contributed by atoms with Crippen molar-refractivity contribution in [2.24, 2.45) is 0 Å². The fraction of sp³-hybridized carbons (Fsp3) is 0.400. The third kappa shape index (κ3) is 2.85. The van der Waals surface area contributed by atoms with Crippen LogP contribution in [0, 0.1) is 10.5 Å². The Morgan fingerprint density at radius 1 is 1.50 bits per heavy atom. The molecule has 1 heterocycles. The average Bonchev–Trinajstić information content (AvgIpc) is 2.22. The van der Waals surface area contributed by atoms with E-state index in [0.29, 0.717) is 0 Å². The first-order valence-corrected chi connectivity index (χ1v) is 5.94. The molecule has 0 saturated carbocycles. The molecule has 1 aromatic rings. The molecule has 0 aliphatic heterocycles. The predicted octanol–water partition coefficient (Wildman–Crippen LogP) is 2.41. The first-order chi connectivity index (χ1) is 8.20. The number of aromatic nitrogens is 1. The fourth-order valence-electron chi connectivity index (χ4n) is 1.33. The van der Waals surface area contributed by atoms with Gasteiger partial charge in [-0.1, -0.05) is 0 Å². The molecule has 0 unspecified atom stereocenters. The number of alkyl halides is 3. The molecule has 0 N–H and O–H groups in total. The summed E-state index contributed by atoms with van der Waals surface area (Å²) in [7, 11) is 0. The number of esters is 1. The van der Waals surface area contributed by atoms with Gasteiger partial charge in [0.15, 0.2) is 0 Å². The van der Waals surface area contributed by atoms with Crippen molar-refractivity contribution in [3.8, 4) is 0 Å². The summed E-state index contributed by atoms with van der Waals surface area (Å²) < 4.78 is 42.5. The third-order valence-electron chi connectivity index (χ3n) is 2.13. The number of halogens is 4. The van der Waals surface area contributed by atoms with Crippen LogP contribution in [0.25, 0.3) is 0 Å². The van der Waals surface area contributed by atoms with Crippen LogP contribution in [-0.4, -0.2) is 17.1 Å². The number of carbonyl (C=O) groups excluding carboxylic acids is 1. The largest absolute Gasteiger partial charge is 0.491 e. The van der Waals surface area contributed by atoms with Crippen LogP contribution in [0.4, 0.5) is 13.2 Å². The van der Waals surface area contributed by atoms with Gasteiger partial charge in [-0.2, -0.15) is 0 Å². The zero-order valence-electron chi connectivity index (χ0n) is 9.47. The molecule has 0 spiro atoms. The second kappa shape index (κ2) is 5.29. The SMILES string of the molecule is CCOC(=O)c1cc(I)c(C)n(C(F)(F)F)c1=O. The van der Waals surface area contributed by atoms with Gasteiger partial charge < -0.3 is 4.74 Å². The number of nitrogens with zero attached hydrogens (tertiary/aromatic N) is 1. The summed E-state index contributed by atoms with van der Waals surface area (Å²) in [5.74, 6) is -1.06. The van der Waals surface area contributed by atoms with Gasteiger partial charge in [-0.15, -0.1) is 13.2 Å². The maximum atomic E-state index is 12.7. The van der Waals surface area contributed by atoms with Crippen LogP contribution >= 0.6 is 22.6 Å². The lowest BCUT2D eigenvalue weighted by Crippen LogP contribution is -2.37. The maximum absolute atomic E-state index is 12.7. The normalized spacial score (nSPS) is 11.4. The highest BCUT2D eigenvalue weighted by Crippen LogP contribution is 2.24. The third-order valence-corrected chi connectivity index (χ3v) is 3.23. The highest BCUT2D eigenvalue weighted by Gasteiger charge is 2.36. The Kier molecular flexibility index (Phi) is 4.41. The molecule has 0 aliphatic carbocycles. The minimum Gasteiger partial charge on any atom is -0.462 e. The maximum Gasteiger partial charge on any atom is 0.491 e. The number of rotatable bonds is 2. The van der Waals surface area contributed by atoms with Crippen LogP contribution < -0.4 is 5.56 Å². The van der Waals surface area contributed by atoms with Crippen molar-refractivity contribution < 1.29 is 22.7 Å². The van der Waals surface area contributed by atoms with E-state index in [2.05, 4.69) is 4.74 Å². The Hall–Kier alpha value is -1.06. The van der Waals surface area contributed by atoms with Crippen molar-refractivity contribution >= 4 is 28.6 Å². The Balaban J connectivity index is 3.55. The molecular weight excluding hydrogens is 366 g/mol.